The second-order valence-electron chi connectivity index (χ2n) is 5.71. The van der Waals surface area contributed by atoms with Gasteiger partial charge in [-0.2, -0.15) is 0 Å². The van der Waals surface area contributed by atoms with Crippen LogP contribution in [0, 0.1) is 0 Å². The highest BCUT2D eigenvalue weighted by Gasteiger charge is 2.36. The zero-order chi connectivity index (χ0) is 19.4. The van der Waals surface area contributed by atoms with E-state index in [1.165, 1.54) is 24.5 Å². The molecule has 140 valence electrons. The van der Waals surface area contributed by atoms with Gasteiger partial charge in [-0.1, -0.05) is 6.07 Å². The Morgan fingerprint density at radius 1 is 1.22 bits per heavy atom. The lowest BCUT2D eigenvalue weighted by atomic mass is 10.1. The Balaban J connectivity index is 1.52. The molecule has 2 aromatic rings. The molecule has 0 atom stereocenters. The molecule has 1 aromatic heterocycles. The van der Waals surface area contributed by atoms with E-state index < -0.39 is 17.1 Å². The van der Waals surface area contributed by atoms with Gasteiger partial charge in [-0.15, -0.1) is 0 Å². The number of nitrogens with zero attached hydrogens (tertiary/aromatic N) is 1. The Morgan fingerprint density at radius 3 is 2.74 bits per heavy atom. The van der Waals surface area contributed by atoms with Crippen molar-refractivity contribution in [1.82, 2.24) is 10.2 Å². The maximum Gasteiger partial charge on any atom is 0.294 e. The maximum atomic E-state index is 12.3. The van der Waals surface area contributed by atoms with Crippen LogP contribution in [0.2, 0.25) is 0 Å². The van der Waals surface area contributed by atoms with E-state index in [-0.39, 0.29) is 29.5 Å². The van der Waals surface area contributed by atoms with Gasteiger partial charge in [0.1, 0.15) is 12.3 Å². The minimum Gasteiger partial charge on any atom is -0.504 e. The number of nitrogens with one attached hydrogen (secondary N) is 1. The number of amides is 3. The number of thioether (sulfide) groups is 1. The fourth-order valence-corrected chi connectivity index (χ4v) is 3.23. The van der Waals surface area contributed by atoms with Gasteiger partial charge >= 0.3 is 0 Å². The van der Waals surface area contributed by atoms with Gasteiger partial charge < -0.3 is 19.9 Å². The molecule has 3 rings (SSSR count). The number of hydrogen-bond acceptors (Lipinski definition) is 7. The molecule has 2 heterocycles. The number of phenolic OH excluding ortho intramolecular Hbond substituents is 2. The van der Waals surface area contributed by atoms with Crippen LogP contribution in [0.5, 0.6) is 11.5 Å². The maximum absolute atomic E-state index is 12.3. The first kappa shape index (κ1) is 18.6. The Labute approximate surface area is 158 Å². The van der Waals surface area contributed by atoms with Crippen LogP contribution in [-0.4, -0.2) is 45.3 Å². The average Bonchev–Trinajstić information content (AvgIpc) is 3.22. The standard InChI is InChI=1S/C18H16N2O6S/c21-13-4-3-11(8-14(13)22)5-6-19-16(23)10-20-17(24)15(27-18(20)25)9-12-2-1-7-26-12/h1-4,7-9,21-22H,5-6,10H2,(H,19,23). The molecule has 27 heavy (non-hydrogen) atoms. The highest BCUT2D eigenvalue weighted by Crippen LogP contribution is 2.32. The third-order valence-electron chi connectivity index (χ3n) is 3.77. The number of furan rings is 1. The second kappa shape index (κ2) is 8.00. The van der Waals surface area contributed by atoms with Crippen molar-refractivity contribution in [2.45, 2.75) is 6.42 Å². The second-order valence-corrected chi connectivity index (χ2v) is 6.70. The van der Waals surface area contributed by atoms with Crippen molar-refractivity contribution >= 4 is 34.9 Å². The highest BCUT2D eigenvalue weighted by molar-refractivity contribution is 8.18. The van der Waals surface area contributed by atoms with Crippen molar-refractivity contribution < 1.29 is 29.0 Å². The number of hydrogen-bond donors (Lipinski definition) is 3. The first-order valence-corrected chi connectivity index (χ1v) is 8.82. The number of aromatic hydroxyl groups is 2. The summed E-state index contributed by atoms with van der Waals surface area (Å²) in [6, 6.07) is 7.70. The van der Waals surface area contributed by atoms with Crippen LogP contribution >= 0.6 is 11.8 Å². The van der Waals surface area contributed by atoms with Crippen LogP contribution in [-0.2, 0) is 16.0 Å². The fraction of sp³-hybridized carbons (Fsp3) is 0.167. The molecule has 0 radical (unpaired) electrons. The van der Waals surface area contributed by atoms with Gasteiger partial charge in [0.05, 0.1) is 11.2 Å². The molecule has 0 bridgehead atoms. The first-order valence-electron chi connectivity index (χ1n) is 8.00. The topological polar surface area (TPSA) is 120 Å². The molecule has 1 aliphatic heterocycles. The summed E-state index contributed by atoms with van der Waals surface area (Å²) in [5.74, 6) is -1.02. The molecule has 9 heteroatoms. The van der Waals surface area contributed by atoms with Gasteiger partial charge in [0.25, 0.3) is 11.1 Å². The van der Waals surface area contributed by atoms with Crippen molar-refractivity contribution in [3.05, 3.63) is 52.8 Å². The van der Waals surface area contributed by atoms with Crippen LogP contribution in [0.1, 0.15) is 11.3 Å². The monoisotopic (exact) mass is 388 g/mol. The summed E-state index contributed by atoms with van der Waals surface area (Å²) in [6.07, 6.45) is 3.33. The molecular formula is C18H16N2O6S. The Kier molecular flexibility index (Phi) is 5.51. The fourth-order valence-electron chi connectivity index (χ4n) is 2.41. The van der Waals surface area contributed by atoms with Crippen molar-refractivity contribution in [3.8, 4) is 11.5 Å². The summed E-state index contributed by atoms with van der Waals surface area (Å²) >= 11 is 0.753. The minimum absolute atomic E-state index is 0.197. The summed E-state index contributed by atoms with van der Waals surface area (Å²) < 4.78 is 5.12. The molecule has 1 aromatic carbocycles. The molecule has 0 unspecified atom stereocenters. The average molecular weight is 388 g/mol. The van der Waals surface area contributed by atoms with Crippen molar-refractivity contribution in [2.24, 2.45) is 0 Å². The summed E-state index contributed by atoms with van der Waals surface area (Å²) in [5, 5.41) is 20.8. The van der Waals surface area contributed by atoms with E-state index in [4.69, 9.17) is 4.42 Å². The van der Waals surface area contributed by atoms with E-state index in [1.54, 1.807) is 18.2 Å². The number of phenols is 2. The van der Waals surface area contributed by atoms with Crippen molar-refractivity contribution in [2.75, 3.05) is 13.1 Å². The van der Waals surface area contributed by atoms with E-state index in [0.717, 1.165) is 22.2 Å². The number of imide groups is 1. The smallest absolute Gasteiger partial charge is 0.294 e. The van der Waals surface area contributed by atoms with Gasteiger partial charge in [-0.25, -0.2) is 0 Å². The zero-order valence-electron chi connectivity index (χ0n) is 14.0. The third-order valence-corrected chi connectivity index (χ3v) is 4.67. The quantitative estimate of drug-likeness (QED) is 0.512. The molecule has 8 nitrogen and oxygen atoms in total. The highest BCUT2D eigenvalue weighted by atomic mass is 32.2. The lowest BCUT2D eigenvalue weighted by molar-refractivity contribution is -0.129. The molecule has 3 N–H and O–H groups in total. The molecule has 1 fully saturated rings. The summed E-state index contributed by atoms with van der Waals surface area (Å²) in [4.78, 5) is 37.4. The van der Waals surface area contributed by atoms with Crippen LogP contribution < -0.4 is 5.32 Å². The number of carbonyl (C=O) groups excluding carboxylic acids is 3. The van der Waals surface area contributed by atoms with Crippen molar-refractivity contribution in [3.63, 3.8) is 0 Å². The normalized spacial score (nSPS) is 15.6. The number of carbonyl (C=O) groups is 3. The van der Waals surface area contributed by atoms with Gasteiger partial charge in [-0.05, 0) is 48.0 Å². The van der Waals surface area contributed by atoms with Crippen LogP contribution in [0.4, 0.5) is 4.79 Å². The van der Waals surface area contributed by atoms with Gasteiger partial charge in [0, 0.05) is 12.6 Å². The first-order chi connectivity index (χ1) is 12.9. The van der Waals surface area contributed by atoms with Gasteiger partial charge in [0.2, 0.25) is 5.91 Å². The van der Waals surface area contributed by atoms with E-state index >= 15 is 0 Å². The van der Waals surface area contributed by atoms with E-state index in [0.29, 0.717) is 12.2 Å². The van der Waals surface area contributed by atoms with Gasteiger partial charge in [-0.3, -0.25) is 19.3 Å². The molecule has 1 aliphatic rings. The van der Waals surface area contributed by atoms with E-state index in [9.17, 15) is 24.6 Å². The SMILES string of the molecule is O=C(CN1C(=O)SC(=Cc2ccco2)C1=O)NCCc1ccc(O)c(O)c1. The summed E-state index contributed by atoms with van der Waals surface area (Å²) in [5.41, 5.74) is 0.721. The molecule has 3 amide bonds. The van der Waals surface area contributed by atoms with Crippen LogP contribution in [0.3, 0.4) is 0 Å². The van der Waals surface area contributed by atoms with E-state index in [1.807, 2.05) is 0 Å². The summed E-state index contributed by atoms with van der Waals surface area (Å²) in [7, 11) is 0. The molecule has 0 aliphatic carbocycles. The summed E-state index contributed by atoms with van der Waals surface area (Å²) in [6.45, 7) is -0.123. The Bertz CT molecular complexity index is 907. The molecule has 0 saturated carbocycles. The predicted molar refractivity (Wildman–Crippen MR) is 97.9 cm³/mol. The molecule has 0 spiro atoms. The molecule has 1 saturated heterocycles. The lowest BCUT2D eigenvalue weighted by Crippen LogP contribution is -2.40. The third kappa shape index (κ3) is 4.50. The van der Waals surface area contributed by atoms with Crippen molar-refractivity contribution in [1.29, 1.82) is 0 Å². The Morgan fingerprint density at radius 2 is 2.04 bits per heavy atom. The Hall–Kier alpha value is -3.20. The zero-order valence-corrected chi connectivity index (χ0v) is 14.9. The lowest BCUT2D eigenvalue weighted by Gasteiger charge is -2.12. The molecular weight excluding hydrogens is 372 g/mol. The van der Waals surface area contributed by atoms with E-state index in [2.05, 4.69) is 5.32 Å². The number of benzene rings is 1. The number of rotatable bonds is 6. The van der Waals surface area contributed by atoms with Gasteiger partial charge in [0.15, 0.2) is 11.5 Å². The van der Waals surface area contributed by atoms with Crippen LogP contribution in [0.15, 0.2) is 45.9 Å². The largest absolute Gasteiger partial charge is 0.504 e. The van der Waals surface area contributed by atoms with Crippen LogP contribution in [0.25, 0.3) is 6.08 Å². The predicted octanol–water partition coefficient (Wildman–Crippen LogP) is 2.09. The minimum atomic E-state index is -0.542.